The summed E-state index contributed by atoms with van der Waals surface area (Å²) in [5, 5.41) is 15.6. The van der Waals surface area contributed by atoms with Gasteiger partial charge in [-0.15, -0.1) is 10.2 Å². The molecule has 0 aliphatic heterocycles. The van der Waals surface area contributed by atoms with Crippen LogP contribution in [0, 0.1) is 19.7 Å². The first-order valence-electron chi connectivity index (χ1n) is 9.40. The molecule has 8 nitrogen and oxygen atoms in total. The summed E-state index contributed by atoms with van der Waals surface area (Å²) in [4.78, 5) is 16.7. The van der Waals surface area contributed by atoms with Crippen LogP contribution in [0.4, 0.5) is 10.1 Å². The van der Waals surface area contributed by atoms with Crippen molar-refractivity contribution in [2.45, 2.75) is 19.0 Å². The Labute approximate surface area is 181 Å². The van der Waals surface area contributed by atoms with Gasteiger partial charge in [-0.2, -0.15) is 4.98 Å². The van der Waals surface area contributed by atoms with Crippen molar-refractivity contribution in [2.75, 3.05) is 11.1 Å². The lowest BCUT2D eigenvalue weighted by molar-refractivity contribution is -0.113. The van der Waals surface area contributed by atoms with Crippen molar-refractivity contribution in [2.24, 2.45) is 7.05 Å². The smallest absolute Gasteiger partial charge is 0.296 e. The molecule has 158 valence electrons. The van der Waals surface area contributed by atoms with E-state index in [2.05, 4.69) is 25.7 Å². The Morgan fingerprint density at radius 1 is 1.16 bits per heavy atom. The summed E-state index contributed by atoms with van der Waals surface area (Å²) < 4.78 is 20.1. The Morgan fingerprint density at radius 3 is 2.71 bits per heavy atom. The van der Waals surface area contributed by atoms with Crippen LogP contribution < -0.4 is 5.32 Å². The summed E-state index contributed by atoms with van der Waals surface area (Å²) in [6.45, 7) is 3.97. The third-order valence-electron chi connectivity index (χ3n) is 4.77. The van der Waals surface area contributed by atoms with E-state index >= 15 is 0 Å². The molecule has 0 unspecified atom stereocenters. The van der Waals surface area contributed by atoms with Gasteiger partial charge in [-0.05, 0) is 55.3 Å². The maximum absolute atomic E-state index is 13.1. The third kappa shape index (κ3) is 4.48. The second-order valence-electron chi connectivity index (χ2n) is 6.88. The number of anilines is 1. The van der Waals surface area contributed by atoms with Gasteiger partial charge in [0.05, 0.1) is 5.75 Å². The Hall–Kier alpha value is -3.53. The second-order valence-corrected chi connectivity index (χ2v) is 7.82. The molecule has 0 aliphatic rings. The fourth-order valence-corrected chi connectivity index (χ4v) is 3.57. The van der Waals surface area contributed by atoms with E-state index < -0.39 is 0 Å². The number of hydrogen-bond donors (Lipinski definition) is 1. The van der Waals surface area contributed by atoms with Gasteiger partial charge in [0.15, 0.2) is 5.16 Å². The highest BCUT2D eigenvalue weighted by molar-refractivity contribution is 7.99. The molecule has 0 spiro atoms. The van der Waals surface area contributed by atoms with Crippen LogP contribution in [-0.2, 0) is 11.8 Å². The summed E-state index contributed by atoms with van der Waals surface area (Å²) in [6.07, 6.45) is 0. The van der Waals surface area contributed by atoms with Crippen LogP contribution in [0.1, 0.15) is 11.1 Å². The minimum atomic E-state index is -0.343. The first-order chi connectivity index (χ1) is 14.9. The van der Waals surface area contributed by atoms with E-state index in [4.69, 9.17) is 4.52 Å². The minimum absolute atomic E-state index is 0.139. The molecule has 2 aromatic heterocycles. The van der Waals surface area contributed by atoms with E-state index in [1.807, 2.05) is 32.0 Å². The largest absolute Gasteiger partial charge is 0.330 e. The Balaban J connectivity index is 1.43. The molecule has 0 bridgehead atoms. The first kappa shape index (κ1) is 20.7. The SMILES string of the molecule is Cc1cccc(NC(=O)CSc2nnc(-c3nc(-c4ccc(F)cc4)no3)n2C)c1C. The molecule has 0 atom stereocenters. The zero-order valence-electron chi connectivity index (χ0n) is 17.1. The zero-order valence-corrected chi connectivity index (χ0v) is 17.9. The van der Waals surface area contributed by atoms with Crippen LogP contribution in [-0.4, -0.2) is 36.6 Å². The number of aryl methyl sites for hydroxylation is 1. The number of hydrogen-bond acceptors (Lipinski definition) is 7. The fourth-order valence-electron chi connectivity index (χ4n) is 2.86. The Bertz CT molecular complexity index is 1240. The van der Waals surface area contributed by atoms with Gasteiger partial charge in [0.2, 0.25) is 17.6 Å². The second kappa shape index (κ2) is 8.68. The number of thioether (sulfide) groups is 1. The van der Waals surface area contributed by atoms with Crippen LogP contribution in [0.5, 0.6) is 0 Å². The van der Waals surface area contributed by atoms with Gasteiger partial charge in [0.25, 0.3) is 5.89 Å². The molecular weight excluding hydrogens is 419 g/mol. The van der Waals surface area contributed by atoms with E-state index in [1.165, 1.54) is 23.9 Å². The fraction of sp³-hybridized carbons (Fsp3) is 0.190. The summed E-state index contributed by atoms with van der Waals surface area (Å²) in [6, 6.07) is 11.6. The predicted octanol–water partition coefficient (Wildman–Crippen LogP) is 4.02. The molecule has 0 saturated heterocycles. The van der Waals surface area contributed by atoms with Crippen molar-refractivity contribution < 1.29 is 13.7 Å². The Kier molecular flexibility index (Phi) is 5.81. The number of halogens is 1. The quantitative estimate of drug-likeness (QED) is 0.454. The van der Waals surface area contributed by atoms with Crippen molar-refractivity contribution in [3.05, 3.63) is 59.4 Å². The van der Waals surface area contributed by atoms with E-state index in [0.717, 1.165) is 16.8 Å². The van der Waals surface area contributed by atoms with Gasteiger partial charge in [0, 0.05) is 18.3 Å². The van der Waals surface area contributed by atoms with Crippen molar-refractivity contribution in [1.29, 1.82) is 0 Å². The molecular formula is C21H19FN6O2S. The number of carbonyl (C=O) groups is 1. The number of benzene rings is 2. The molecule has 4 aromatic rings. The van der Waals surface area contributed by atoms with Gasteiger partial charge in [-0.25, -0.2) is 4.39 Å². The van der Waals surface area contributed by atoms with Crippen LogP contribution in [0.25, 0.3) is 23.1 Å². The van der Waals surface area contributed by atoms with Gasteiger partial charge < -0.3 is 14.4 Å². The lowest BCUT2D eigenvalue weighted by Gasteiger charge is -2.10. The summed E-state index contributed by atoms with van der Waals surface area (Å²) >= 11 is 1.25. The minimum Gasteiger partial charge on any atom is -0.330 e. The maximum Gasteiger partial charge on any atom is 0.296 e. The van der Waals surface area contributed by atoms with Gasteiger partial charge >= 0.3 is 0 Å². The van der Waals surface area contributed by atoms with E-state index in [-0.39, 0.29) is 23.4 Å². The van der Waals surface area contributed by atoms with E-state index in [9.17, 15) is 9.18 Å². The molecule has 0 aliphatic carbocycles. The highest BCUT2D eigenvalue weighted by Gasteiger charge is 2.19. The number of carbonyl (C=O) groups excluding carboxylic acids is 1. The number of nitrogens with one attached hydrogen (secondary N) is 1. The Morgan fingerprint density at radius 2 is 1.94 bits per heavy atom. The van der Waals surface area contributed by atoms with Crippen molar-refractivity contribution >= 4 is 23.4 Å². The molecule has 0 saturated carbocycles. The molecule has 2 heterocycles. The van der Waals surface area contributed by atoms with Crippen LogP contribution in [0.15, 0.2) is 52.1 Å². The number of aromatic nitrogens is 5. The topological polar surface area (TPSA) is 98.7 Å². The highest BCUT2D eigenvalue weighted by atomic mass is 32.2. The van der Waals surface area contributed by atoms with Gasteiger partial charge in [0.1, 0.15) is 5.82 Å². The lowest BCUT2D eigenvalue weighted by Crippen LogP contribution is -2.15. The average Bonchev–Trinajstić information content (AvgIpc) is 3.37. The molecule has 2 aromatic carbocycles. The van der Waals surface area contributed by atoms with Crippen LogP contribution >= 0.6 is 11.8 Å². The maximum atomic E-state index is 13.1. The van der Waals surface area contributed by atoms with Crippen molar-refractivity contribution in [3.63, 3.8) is 0 Å². The van der Waals surface area contributed by atoms with Crippen molar-refractivity contribution in [3.8, 4) is 23.1 Å². The van der Waals surface area contributed by atoms with Crippen LogP contribution in [0.2, 0.25) is 0 Å². The molecule has 0 radical (unpaired) electrons. The third-order valence-corrected chi connectivity index (χ3v) is 5.79. The molecule has 0 fully saturated rings. The molecule has 31 heavy (non-hydrogen) atoms. The van der Waals surface area contributed by atoms with Crippen molar-refractivity contribution in [1.82, 2.24) is 24.9 Å². The first-order valence-corrected chi connectivity index (χ1v) is 10.4. The number of amides is 1. The average molecular weight is 438 g/mol. The van der Waals surface area contributed by atoms with E-state index in [1.54, 1.807) is 23.7 Å². The number of nitrogens with zero attached hydrogens (tertiary/aromatic N) is 5. The summed E-state index contributed by atoms with van der Waals surface area (Å²) in [5.74, 6) is 0.562. The molecule has 1 N–H and O–H groups in total. The molecule has 4 rings (SSSR count). The van der Waals surface area contributed by atoms with Gasteiger partial charge in [-0.3, -0.25) is 4.79 Å². The monoisotopic (exact) mass is 438 g/mol. The highest BCUT2D eigenvalue weighted by Crippen LogP contribution is 2.25. The molecule has 1 amide bonds. The number of rotatable bonds is 6. The lowest BCUT2D eigenvalue weighted by atomic mass is 10.1. The molecule has 10 heteroatoms. The summed E-state index contributed by atoms with van der Waals surface area (Å²) in [5.41, 5.74) is 3.57. The standard InChI is InChI=1S/C21H19FN6O2S/c1-12-5-4-6-16(13(12)2)23-17(29)11-31-21-26-25-19(28(21)3)20-24-18(27-30-20)14-7-9-15(22)10-8-14/h4-10H,11H2,1-3H3,(H,23,29). The zero-order chi connectivity index (χ0) is 22.0. The van der Waals surface area contributed by atoms with Crippen LogP contribution in [0.3, 0.4) is 0 Å². The predicted molar refractivity (Wildman–Crippen MR) is 115 cm³/mol. The summed E-state index contributed by atoms with van der Waals surface area (Å²) in [7, 11) is 1.75. The normalized spacial score (nSPS) is 11.0. The van der Waals surface area contributed by atoms with E-state index in [0.29, 0.717) is 22.4 Å². The van der Waals surface area contributed by atoms with Gasteiger partial charge in [-0.1, -0.05) is 29.1 Å².